The highest BCUT2D eigenvalue weighted by Gasteiger charge is 2.32. The maximum atomic E-state index is 12.6. The molecule has 1 atom stereocenters. The van der Waals surface area contributed by atoms with E-state index in [9.17, 15) is 8.42 Å². The number of hydrogen-bond donors (Lipinski definition) is 1. The second-order valence-corrected chi connectivity index (χ2v) is 7.92. The lowest BCUT2D eigenvalue weighted by Crippen LogP contribution is -2.52. The lowest BCUT2D eigenvalue weighted by atomic mass is 9.89. The van der Waals surface area contributed by atoms with Gasteiger partial charge in [-0.2, -0.15) is 17.0 Å². The standard InChI is InChI=1S/C13H27N3O2S/c1-12(2)13-4-3-8-15(9-5-13)19(17,18)16-10-6-14-7-11-16/h12-14H,3-11H2,1-2H3. The van der Waals surface area contributed by atoms with Crippen molar-refractivity contribution >= 4 is 10.2 Å². The first-order chi connectivity index (χ1) is 9.01. The molecule has 1 unspecified atom stereocenters. The minimum atomic E-state index is -3.23. The van der Waals surface area contributed by atoms with Crippen molar-refractivity contribution in [1.29, 1.82) is 0 Å². The summed E-state index contributed by atoms with van der Waals surface area (Å²) in [5.41, 5.74) is 0. The Labute approximate surface area is 117 Å². The summed E-state index contributed by atoms with van der Waals surface area (Å²) in [4.78, 5) is 0. The van der Waals surface area contributed by atoms with Gasteiger partial charge in [-0.1, -0.05) is 13.8 Å². The molecular formula is C13H27N3O2S. The van der Waals surface area contributed by atoms with E-state index >= 15 is 0 Å². The van der Waals surface area contributed by atoms with Crippen LogP contribution in [-0.2, 0) is 10.2 Å². The van der Waals surface area contributed by atoms with E-state index in [1.54, 1.807) is 8.61 Å². The van der Waals surface area contributed by atoms with Gasteiger partial charge in [0.25, 0.3) is 10.2 Å². The van der Waals surface area contributed by atoms with Crippen LogP contribution in [0.15, 0.2) is 0 Å². The van der Waals surface area contributed by atoms with Crippen molar-refractivity contribution in [3.8, 4) is 0 Å². The van der Waals surface area contributed by atoms with Crippen molar-refractivity contribution < 1.29 is 8.42 Å². The summed E-state index contributed by atoms with van der Waals surface area (Å²) in [6.07, 6.45) is 3.16. The van der Waals surface area contributed by atoms with Crippen LogP contribution >= 0.6 is 0 Å². The number of nitrogens with one attached hydrogen (secondary N) is 1. The third-order valence-electron chi connectivity index (χ3n) is 4.40. The van der Waals surface area contributed by atoms with Crippen molar-refractivity contribution in [2.75, 3.05) is 39.3 Å². The van der Waals surface area contributed by atoms with Crippen molar-refractivity contribution in [2.45, 2.75) is 33.1 Å². The fourth-order valence-electron chi connectivity index (χ4n) is 3.03. The Morgan fingerprint density at radius 1 is 1.00 bits per heavy atom. The second-order valence-electron chi connectivity index (χ2n) is 5.99. The van der Waals surface area contributed by atoms with E-state index in [1.807, 2.05) is 0 Å². The highest BCUT2D eigenvalue weighted by atomic mass is 32.2. The Morgan fingerprint density at radius 2 is 1.63 bits per heavy atom. The van der Waals surface area contributed by atoms with Crippen LogP contribution in [0.5, 0.6) is 0 Å². The summed E-state index contributed by atoms with van der Waals surface area (Å²) in [5.74, 6) is 1.32. The molecule has 2 saturated heterocycles. The Hall–Kier alpha value is -0.170. The van der Waals surface area contributed by atoms with E-state index in [0.717, 1.165) is 32.4 Å². The molecule has 2 aliphatic rings. The molecule has 0 bridgehead atoms. The molecule has 112 valence electrons. The first-order valence-electron chi connectivity index (χ1n) is 7.48. The largest absolute Gasteiger partial charge is 0.314 e. The molecular weight excluding hydrogens is 262 g/mol. The number of hydrogen-bond acceptors (Lipinski definition) is 3. The van der Waals surface area contributed by atoms with Gasteiger partial charge < -0.3 is 5.32 Å². The fourth-order valence-corrected chi connectivity index (χ4v) is 4.70. The van der Waals surface area contributed by atoms with Crippen LogP contribution in [0.4, 0.5) is 0 Å². The van der Waals surface area contributed by atoms with Crippen LogP contribution in [-0.4, -0.2) is 56.3 Å². The average Bonchev–Trinajstić information content (AvgIpc) is 2.66. The molecule has 19 heavy (non-hydrogen) atoms. The maximum Gasteiger partial charge on any atom is 0.282 e. The Morgan fingerprint density at radius 3 is 2.26 bits per heavy atom. The highest BCUT2D eigenvalue weighted by Crippen LogP contribution is 2.26. The van der Waals surface area contributed by atoms with E-state index in [-0.39, 0.29) is 0 Å². The molecule has 5 nitrogen and oxygen atoms in total. The molecule has 1 N–H and O–H groups in total. The molecule has 2 aliphatic heterocycles. The van der Waals surface area contributed by atoms with Crippen molar-refractivity contribution in [3.05, 3.63) is 0 Å². The molecule has 2 rings (SSSR count). The molecule has 0 aliphatic carbocycles. The van der Waals surface area contributed by atoms with Crippen molar-refractivity contribution in [2.24, 2.45) is 11.8 Å². The minimum absolute atomic E-state index is 0.604. The zero-order valence-corrected chi connectivity index (χ0v) is 13.0. The molecule has 0 aromatic rings. The predicted octanol–water partition coefficient (Wildman–Crippen LogP) is 0.895. The van der Waals surface area contributed by atoms with E-state index in [4.69, 9.17) is 0 Å². The molecule has 0 aromatic heterocycles. The zero-order chi connectivity index (χ0) is 13.9. The SMILES string of the molecule is CC(C)C1CCCN(S(=O)(=O)N2CCNCC2)CC1. The first kappa shape index (κ1) is 15.2. The molecule has 2 heterocycles. The summed E-state index contributed by atoms with van der Waals surface area (Å²) < 4.78 is 28.5. The summed E-state index contributed by atoms with van der Waals surface area (Å²) in [6, 6.07) is 0. The fraction of sp³-hybridized carbons (Fsp3) is 1.00. The lowest BCUT2D eigenvalue weighted by molar-refractivity contribution is 0.306. The molecule has 6 heteroatoms. The molecule has 0 spiro atoms. The zero-order valence-electron chi connectivity index (χ0n) is 12.1. The Balaban J connectivity index is 2.00. The van der Waals surface area contributed by atoms with Crippen molar-refractivity contribution in [1.82, 2.24) is 13.9 Å². The van der Waals surface area contributed by atoms with Gasteiger partial charge in [-0.25, -0.2) is 0 Å². The first-order valence-corrected chi connectivity index (χ1v) is 8.87. The van der Waals surface area contributed by atoms with Crippen LogP contribution in [0.25, 0.3) is 0 Å². The average molecular weight is 289 g/mol. The molecule has 0 aromatic carbocycles. The number of nitrogens with zero attached hydrogens (tertiary/aromatic N) is 2. The lowest BCUT2D eigenvalue weighted by Gasteiger charge is -2.32. The van der Waals surface area contributed by atoms with Gasteiger partial charge >= 0.3 is 0 Å². The van der Waals surface area contributed by atoms with Gasteiger partial charge in [0.05, 0.1) is 0 Å². The third-order valence-corrected chi connectivity index (χ3v) is 6.44. The van der Waals surface area contributed by atoms with Crippen LogP contribution in [0.1, 0.15) is 33.1 Å². The van der Waals surface area contributed by atoms with Gasteiger partial charge in [-0.05, 0) is 31.1 Å². The molecule has 0 saturated carbocycles. The Kier molecular flexibility index (Phi) is 5.22. The highest BCUT2D eigenvalue weighted by molar-refractivity contribution is 7.86. The smallest absolute Gasteiger partial charge is 0.282 e. The maximum absolute atomic E-state index is 12.6. The van der Waals surface area contributed by atoms with Crippen molar-refractivity contribution in [3.63, 3.8) is 0 Å². The van der Waals surface area contributed by atoms with E-state index in [1.165, 1.54) is 0 Å². The summed E-state index contributed by atoms with van der Waals surface area (Å²) in [6.45, 7) is 8.60. The van der Waals surface area contributed by atoms with Crippen LogP contribution in [0.2, 0.25) is 0 Å². The van der Waals surface area contributed by atoms with E-state index in [2.05, 4.69) is 19.2 Å². The van der Waals surface area contributed by atoms with Crippen LogP contribution < -0.4 is 5.32 Å². The van der Waals surface area contributed by atoms with Gasteiger partial charge in [0.1, 0.15) is 0 Å². The third kappa shape index (κ3) is 3.68. The molecule has 0 radical (unpaired) electrons. The predicted molar refractivity (Wildman–Crippen MR) is 77.1 cm³/mol. The molecule has 0 amide bonds. The summed E-state index contributed by atoms with van der Waals surface area (Å²) >= 11 is 0. The quantitative estimate of drug-likeness (QED) is 0.840. The molecule has 2 fully saturated rings. The minimum Gasteiger partial charge on any atom is -0.314 e. The van der Waals surface area contributed by atoms with Gasteiger partial charge in [0, 0.05) is 39.3 Å². The van der Waals surface area contributed by atoms with Crippen LogP contribution in [0.3, 0.4) is 0 Å². The van der Waals surface area contributed by atoms with Gasteiger partial charge in [0.15, 0.2) is 0 Å². The Bertz CT molecular complexity index is 377. The van der Waals surface area contributed by atoms with Gasteiger partial charge in [-0.3, -0.25) is 0 Å². The normalized spacial score (nSPS) is 28.5. The summed E-state index contributed by atoms with van der Waals surface area (Å²) in [5, 5.41) is 3.20. The monoisotopic (exact) mass is 289 g/mol. The summed E-state index contributed by atoms with van der Waals surface area (Å²) in [7, 11) is -3.23. The number of rotatable bonds is 3. The van der Waals surface area contributed by atoms with Gasteiger partial charge in [-0.15, -0.1) is 0 Å². The topological polar surface area (TPSA) is 52.7 Å². The second kappa shape index (κ2) is 6.52. The van der Waals surface area contributed by atoms with Gasteiger partial charge in [0.2, 0.25) is 0 Å². The number of piperazine rings is 1. The van der Waals surface area contributed by atoms with E-state index in [0.29, 0.717) is 38.0 Å². The van der Waals surface area contributed by atoms with Crippen LogP contribution in [0, 0.1) is 11.8 Å². The van der Waals surface area contributed by atoms with E-state index < -0.39 is 10.2 Å².